The Morgan fingerprint density at radius 3 is 2.79 bits per heavy atom. The molecule has 1 aromatic rings. The van der Waals surface area contributed by atoms with E-state index in [9.17, 15) is 14.4 Å². The molecule has 0 saturated carbocycles. The van der Waals surface area contributed by atoms with Gasteiger partial charge in [0.05, 0.1) is 12.5 Å². The molecule has 7 nitrogen and oxygen atoms in total. The van der Waals surface area contributed by atoms with Crippen LogP contribution in [0.4, 0.5) is 0 Å². The molecule has 1 unspecified atom stereocenters. The molecule has 0 bridgehead atoms. The van der Waals surface area contributed by atoms with Crippen molar-refractivity contribution in [3.8, 4) is 0 Å². The van der Waals surface area contributed by atoms with Crippen LogP contribution in [0.15, 0.2) is 16.5 Å². The van der Waals surface area contributed by atoms with Crippen LogP contribution in [-0.4, -0.2) is 41.4 Å². The van der Waals surface area contributed by atoms with Crippen molar-refractivity contribution in [1.29, 1.82) is 0 Å². The number of furan rings is 1. The van der Waals surface area contributed by atoms with Crippen LogP contribution in [-0.2, 0) is 16.1 Å². The van der Waals surface area contributed by atoms with E-state index in [0.29, 0.717) is 12.3 Å². The molecular formula is C12H14N2O5. The smallest absolute Gasteiger partial charge is 0.371 e. The van der Waals surface area contributed by atoms with Crippen molar-refractivity contribution in [2.24, 2.45) is 5.92 Å². The second-order valence-corrected chi connectivity index (χ2v) is 4.46. The highest BCUT2D eigenvalue weighted by molar-refractivity contribution is 5.89. The molecule has 1 aliphatic rings. The van der Waals surface area contributed by atoms with Crippen LogP contribution >= 0.6 is 0 Å². The zero-order chi connectivity index (χ0) is 14.0. The minimum Gasteiger partial charge on any atom is -0.475 e. The topological polar surface area (TPSA) is 99.8 Å². The Balaban J connectivity index is 1.86. The molecule has 1 atom stereocenters. The summed E-state index contributed by atoms with van der Waals surface area (Å²) in [7, 11) is 1.65. The molecule has 2 N–H and O–H groups in total. The molecule has 19 heavy (non-hydrogen) atoms. The molecule has 0 radical (unpaired) electrons. The van der Waals surface area contributed by atoms with Crippen LogP contribution in [0.3, 0.4) is 0 Å². The van der Waals surface area contributed by atoms with Crippen molar-refractivity contribution in [2.45, 2.75) is 13.0 Å². The van der Waals surface area contributed by atoms with Crippen LogP contribution in [0.2, 0.25) is 0 Å². The summed E-state index contributed by atoms with van der Waals surface area (Å²) in [4.78, 5) is 35.2. The molecule has 1 aromatic heterocycles. The maximum atomic E-state index is 11.8. The lowest BCUT2D eigenvalue weighted by molar-refractivity contribution is -0.128. The van der Waals surface area contributed by atoms with Crippen LogP contribution in [0.25, 0.3) is 0 Å². The quantitative estimate of drug-likeness (QED) is 0.803. The minimum absolute atomic E-state index is 0.0497. The number of amides is 2. The number of carboxylic acid groups (broad SMARTS) is 1. The van der Waals surface area contributed by atoms with Gasteiger partial charge in [-0.25, -0.2) is 4.79 Å². The van der Waals surface area contributed by atoms with Gasteiger partial charge >= 0.3 is 5.97 Å². The van der Waals surface area contributed by atoms with Gasteiger partial charge in [-0.15, -0.1) is 0 Å². The van der Waals surface area contributed by atoms with Gasteiger partial charge in [-0.1, -0.05) is 0 Å². The highest BCUT2D eigenvalue weighted by Gasteiger charge is 2.31. The van der Waals surface area contributed by atoms with Crippen LogP contribution < -0.4 is 5.32 Å². The average Bonchev–Trinajstić information content (AvgIpc) is 2.94. The SMILES string of the molecule is CN1CC(C(=O)NCc2ccc(C(=O)O)o2)CC1=O. The molecular weight excluding hydrogens is 252 g/mol. The lowest BCUT2D eigenvalue weighted by atomic mass is 10.1. The summed E-state index contributed by atoms with van der Waals surface area (Å²) < 4.78 is 5.01. The number of rotatable bonds is 4. The molecule has 1 aliphatic heterocycles. The predicted molar refractivity (Wildman–Crippen MR) is 63.3 cm³/mol. The second kappa shape index (κ2) is 5.13. The largest absolute Gasteiger partial charge is 0.475 e. The summed E-state index contributed by atoms with van der Waals surface area (Å²) in [5, 5.41) is 11.3. The monoisotopic (exact) mass is 266 g/mol. The van der Waals surface area contributed by atoms with E-state index in [2.05, 4.69) is 5.32 Å². The predicted octanol–water partition coefficient (Wildman–Crippen LogP) is 0.0723. The lowest BCUT2D eigenvalue weighted by Gasteiger charge is -2.10. The zero-order valence-corrected chi connectivity index (χ0v) is 10.4. The van der Waals surface area contributed by atoms with E-state index in [1.807, 2.05) is 0 Å². The van der Waals surface area contributed by atoms with Crippen LogP contribution in [0.5, 0.6) is 0 Å². The first-order chi connectivity index (χ1) is 8.97. The Morgan fingerprint density at radius 1 is 1.53 bits per heavy atom. The van der Waals surface area contributed by atoms with E-state index in [0.717, 1.165) is 0 Å². The molecule has 2 rings (SSSR count). The third kappa shape index (κ3) is 2.93. The Hall–Kier alpha value is -2.31. The molecule has 0 spiro atoms. The molecule has 0 aliphatic carbocycles. The van der Waals surface area contributed by atoms with Gasteiger partial charge < -0.3 is 19.7 Å². The number of nitrogens with zero attached hydrogens (tertiary/aromatic N) is 1. The van der Waals surface area contributed by atoms with Gasteiger partial charge in [0.25, 0.3) is 0 Å². The maximum Gasteiger partial charge on any atom is 0.371 e. The summed E-state index contributed by atoms with van der Waals surface area (Å²) in [6.07, 6.45) is 0.209. The summed E-state index contributed by atoms with van der Waals surface area (Å²) in [5.74, 6) is -1.59. The van der Waals surface area contributed by atoms with Crippen LogP contribution in [0, 0.1) is 5.92 Å². The normalized spacial score (nSPS) is 18.7. The third-order valence-corrected chi connectivity index (χ3v) is 3.02. The van der Waals surface area contributed by atoms with Gasteiger partial charge in [0, 0.05) is 20.0 Å². The molecule has 102 valence electrons. The Labute approximate surface area is 109 Å². The number of carbonyl (C=O) groups is 3. The molecule has 1 fully saturated rings. The first-order valence-corrected chi connectivity index (χ1v) is 5.81. The summed E-state index contributed by atoms with van der Waals surface area (Å²) in [6, 6.07) is 2.83. The highest BCUT2D eigenvalue weighted by Crippen LogP contribution is 2.16. The Morgan fingerprint density at radius 2 is 2.26 bits per heavy atom. The number of nitrogens with one attached hydrogen (secondary N) is 1. The first kappa shape index (κ1) is 13.1. The summed E-state index contributed by atoms with van der Waals surface area (Å²) in [5.41, 5.74) is 0. The van der Waals surface area contributed by atoms with Crippen molar-refractivity contribution in [1.82, 2.24) is 10.2 Å². The number of carboxylic acids is 1. The molecule has 2 heterocycles. The number of likely N-dealkylation sites (tertiary alicyclic amines) is 1. The van der Waals surface area contributed by atoms with E-state index in [-0.39, 0.29) is 36.5 Å². The number of carbonyl (C=O) groups excluding carboxylic acids is 2. The summed E-state index contributed by atoms with van der Waals surface area (Å²) >= 11 is 0. The fraction of sp³-hybridized carbons (Fsp3) is 0.417. The number of hydrogen-bond donors (Lipinski definition) is 2. The molecule has 7 heteroatoms. The van der Waals surface area contributed by atoms with E-state index < -0.39 is 5.97 Å². The van der Waals surface area contributed by atoms with Crippen molar-refractivity contribution in [3.63, 3.8) is 0 Å². The molecule has 0 aromatic carbocycles. The zero-order valence-electron chi connectivity index (χ0n) is 10.4. The average molecular weight is 266 g/mol. The van der Waals surface area contributed by atoms with Crippen molar-refractivity contribution >= 4 is 17.8 Å². The fourth-order valence-corrected chi connectivity index (χ4v) is 1.95. The van der Waals surface area contributed by atoms with Crippen molar-refractivity contribution in [2.75, 3.05) is 13.6 Å². The van der Waals surface area contributed by atoms with Crippen LogP contribution in [0.1, 0.15) is 22.7 Å². The third-order valence-electron chi connectivity index (χ3n) is 3.02. The minimum atomic E-state index is -1.15. The van der Waals surface area contributed by atoms with Crippen molar-refractivity contribution < 1.29 is 23.9 Å². The highest BCUT2D eigenvalue weighted by atomic mass is 16.4. The van der Waals surface area contributed by atoms with E-state index in [1.165, 1.54) is 17.0 Å². The first-order valence-electron chi connectivity index (χ1n) is 5.81. The van der Waals surface area contributed by atoms with Gasteiger partial charge in [-0.05, 0) is 12.1 Å². The van der Waals surface area contributed by atoms with Crippen molar-refractivity contribution in [3.05, 3.63) is 23.7 Å². The Bertz CT molecular complexity index is 522. The lowest BCUT2D eigenvalue weighted by Crippen LogP contribution is -2.31. The Kier molecular flexibility index (Phi) is 3.55. The second-order valence-electron chi connectivity index (χ2n) is 4.46. The van der Waals surface area contributed by atoms with Gasteiger partial charge in [-0.3, -0.25) is 9.59 Å². The van der Waals surface area contributed by atoms with E-state index in [4.69, 9.17) is 9.52 Å². The van der Waals surface area contributed by atoms with E-state index >= 15 is 0 Å². The van der Waals surface area contributed by atoms with Gasteiger partial charge in [0.15, 0.2) is 0 Å². The fourth-order valence-electron chi connectivity index (χ4n) is 1.95. The standard InChI is InChI=1S/C12H14N2O5/c1-14-6-7(4-10(14)15)11(16)13-5-8-2-3-9(19-8)12(17)18/h2-3,7H,4-6H2,1H3,(H,13,16)(H,17,18). The van der Waals surface area contributed by atoms with Gasteiger partial charge in [0.2, 0.25) is 17.6 Å². The van der Waals surface area contributed by atoms with E-state index in [1.54, 1.807) is 7.05 Å². The number of hydrogen-bond acceptors (Lipinski definition) is 4. The summed E-state index contributed by atoms with van der Waals surface area (Å²) in [6.45, 7) is 0.518. The maximum absolute atomic E-state index is 11.8. The van der Waals surface area contributed by atoms with Gasteiger partial charge in [-0.2, -0.15) is 0 Å². The number of aromatic carboxylic acids is 1. The molecule has 1 saturated heterocycles. The van der Waals surface area contributed by atoms with Gasteiger partial charge in [0.1, 0.15) is 5.76 Å². The molecule has 2 amide bonds.